The molecule has 0 bridgehead atoms. The zero-order valence-corrected chi connectivity index (χ0v) is 17.3. The van der Waals surface area contributed by atoms with Gasteiger partial charge in [0.2, 0.25) is 0 Å². The van der Waals surface area contributed by atoms with Crippen LogP contribution in [0.15, 0.2) is 58.3 Å². The number of amides is 1. The Hall–Kier alpha value is -2.31. The van der Waals surface area contributed by atoms with Crippen LogP contribution >= 0.6 is 23.1 Å². The van der Waals surface area contributed by atoms with Gasteiger partial charge in [0.05, 0.1) is 7.11 Å². The van der Waals surface area contributed by atoms with Crippen molar-refractivity contribution >= 4 is 29.0 Å². The first kappa shape index (κ1) is 19.5. The monoisotopic (exact) mass is 398 g/mol. The van der Waals surface area contributed by atoms with Crippen LogP contribution in [0.3, 0.4) is 0 Å². The Bertz CT molecular complexity index is 889. The lowest BCUT2D eigenvalue weighted by atomic mass is 10.1. The van der Waals surface area contributed by atoms with Crippen molar-refractivity contribution in [2.45, 2.75) is 23.6 Å². The Morgan fingerprint density at radius 3 is 2.37 bits per heavy atom. The summed E-state index contributed by atoms with van der Waals surface area (Å²) in [4.78, 5) is 18.8. The average Bonchev–Trinajstić information content (AvgIpc) is 3.12. The summed E-state index contributed by atoms with van der Waals surface area (Å²) in [5.41, 5.74) is 4.01. The molecule has 0 spiro atoms. The minimum Gasteiger partial charge on any atom is -0.497 e. The normalized spacial score (nSPS) is 10.6. The van der Waals surface area contributed by atoms with Crippen molar-refractivity contribution in [2.24, 2.45) is 0 Å². The SMILES string of the molecule is COc1ccc(CN(C)C(=O)c2ccc(CSc3nc(C)cs3)cc2)cc1. The second kappa shape index (κ2) is 9.06. The van der Waals surface area contributed by atoms with E-state index in [9.17, 15) is 4.79 Å². The third-order valence-electron chi connectivity index (χ3n) is 4.09. The molecule has 27 heavy (non-hydrogen) atoms. The molecule has 3 rings (SSSR count). The van der Waals surface area contributed by atoms with Gasteiger partial charge in [0, 0.05) is 36.0 Å². The summed E-state index contributed by atoms with van der Waals surface area (Å²) in [7, 11) is 3.46. The molecule has 0 saturated heterocycles. The van der Waals surface area contributed by atoms with E-state index >= 15 is 0 Å². The number of hydrogen-bond donors (Lipinski definition) is 0. The summed E-state index contributed by atoms with van der Waals surface area (Å²) >= 11 is 3.39. The first-order valence-electron chi connectivity index (χ1n) is 8.57. The molecule has 1 heterocycles. The quantitative estimate of drug-likeness (QED) is 0.524. The molecular formula is C21H22N2O2S2. The standard InChI is InChI=1S/C21H22N2O2S2/c1-15-13-26-21(22-15)27-14-17-4-8-18(9-5-17)20(24)23(2)12-16-6-10-19(25-3)11-7-16/h4-11,13H,12,14H2,1-3H3. The number of thiazole rings is 1. The van der Waals surface area contributed by atoms with Crippen LogP contribution in [-0.4, -0.2) is 29.9 Å². The lowest BCUT2D eigenvalue weighted by molar-refractivity contribution is 0.0785. The molecule has 0 aliphatic carbocycles. The summed E-state index contributed by atoms with van der Waals surface area (Å²) in [6, 6.07) is 15.6. The second-order valence-electron chi connectivity index (χ2n) is 6.25. The predicted octanol–water partition coefficient (Wildman–Crippen LogP) is 5.02. The second-order valence-corrected chi connectivity index (χ2v) is 8.33. The molecule has 1 aromatic heterocycles. The molecule has 2 aromatic carbocycles. The van der Waals surface area contributed by atoms with E-state index in [1.807, 2.05) is 62.5 Å². The average molecular weight is 399 g/mol. The molecule has 0 N–H and O–H groups in total. The topological polar surface area (TPSA) is 42.4 Å². The number of carbonyl (C=O) groups is 1. The van der Waals surface area contributed by atoms with Crippen molar-refractivity contribution in [3.63, 3.8) is 0 Å². The minimum atomic E-state index is 0.0144. The largest absolute Gasteiger partial charge is 0.497 e. The van der Waals surface area contributed by atoms with Gasteiger partial charge in [-0.05, 0) is 42.3 Å². The van der Waals surface area contributed by atoms with E-state index in [0.29, 0.717) is 12.1 Å². The lowest BCUT2D eigenvalue weighted by Crippen LogP contribution is -2.26. The van der Waals surface area contributed by atoms with Crippen molar-refractivity contribution in [2.75, 3.05) is 14.2 Å². The Labute approximate surface area is 168 Å². The van der Waals surface area contributed by atoms with E-state index in [2.05, 4.69) is 10.4 Å². The van der Waals surface area contributed by atoms with Crippen LogP contribution in [0.4, 0.5) is 0 Å². The molecule has 1 amide bonds. The smallest absolute Gasteiger partial charge is 0.253 e. The number of thioether (sulfide) groups is 1. The first-order chi connectivity index (χ1) is 13.0. The maximum absolute atomic E-state index is 12.7. The number of aryl methyl sites for hydroxylation is 1. The Balaban J connectivity index is 1.57. The highest BCUT2D eigenvalue weighted by Crippen LogP contribution is 2.26. The molecule has 0 fully saturated rings. The van der Waals surface area contributed by atoms with E-state index in [1.54, 1.807) is 35.1 Å². The van der Waals surface area contributed by atoms with Crippen molar-refractivity contribution < 1.29 is 9.53 Å². The fraction of sp³-hybridized carbons (Fsp3) is 0.238. The van der Waals surface area contributed by atoms with E-state index in [1.165, 1.54) is 5.56 Å². The van der Waals surface area contributed by atoms with Crippen molar-refractivity contribution in [1.29, 1.82) is 0 Å². The Morgan fingerprint density at radius 2 is 1.78 bits per heavy atom. The minimum absolute atomic E-state index is 0.0144. The van der Waals surface area contributed by atoms with Gasteiger partial charge < -0.3 is 9.64 Å². The van der Waals surface area contributed by atoms with Gasteiger partial charge in [0.25, 0.3) is 5.91 Å². The summed E-state index contributed by atoms with van der Waals surface area (Å²) in [6.07, 6.45) is 0. The molecular weight excluding hydrogens is 376 g/mol. The van der Waals surface area contributed by atoms with Crippen LogP contribution in [0.5, 0.6) is 5.75 Å². The van der Waals surface area contributed by atoms with Crippen LogP contribution in [0.25, 0.3) is 0 Å². The van der Waals surface area contributed by atoms with Gasteiger partial charge in [-0.1, -0.05) is 36.0 Å². The maximum Gasteiger partial charge on any atom is 0.253 e. The molecule has 140 valence electrons. The number of hydrogen-bond acceptors (Lipinski definition) is 5. The molecule has 0 saturated carbocycles. The van der Waals surface area contributed by atoms with Crippen LogP contribution < -0.4 is 4.74 Å². The highest BCUT2D eigenvalue weighted by molar-refractivity contribution is 8.00. The zero-order valence-electron chi connectivity index (χ0n) is 15.6. The molecule has 4 nitrogen and oxygen atoms in total. The number of carbonyl (C=O) groups excluding carboxylic acids is 1. The molecule has 0 radical (unpaired) electrons. The summed E-state index contributed by atoms with van der Waals surface area (Å²) in [5, 5.41) is 2.06. The van der Waals surface area contributed by atoms with Gasteiger partial charge in [-0.2, -0.15) is 0 Å². The number of methoxy groups -OCH3 is 1. The van der Waals surface area contributed by atoms with Crippen molar-refractivity contribution in [1.82, 2.24) is 9.88 Å². The number of aromatic nitrogens is 1. The van der Waals surface area contributed by atoms with Crippen LogP contribution in [0.1, 0.15) is 27.2 Å². The summed E-state index contributed by atoms with van der Waals surface area (Å²) < 4.78 is 6.24. The van der Waals surface area contributed by atoms with Crippen LogP contribution in [0, 0.1) is 6.92 Å². The van der Waals surface area contributed by atoms with Crippen molar-refractivity contribution in [3.8, 4) is 5.75 Å². The highest BCUT2D eigenvalue weighted by Gasteiger charge is 2.12. The van der Waals surface area contributed by atoms with E-state index in [4.69, 9.17) is 4.74 Å². The Morgan fingerprint density at radius 1 is 1.11 bits per heavy atom. The van der Waals surface area contributed by atoms with E-state index in [-0.39, 0.29) is 5.91 Å². The predicted molar refractivity (Wildman–Crippen MR) is 112 cm³/mol. The number of benzene rings is 2. The number of ether oxygens (including phenoxy) is 1. The molecule has 0 aliphatic heterocycles. The van der Waals surface area contributed by atoms with Gasteiger partial charge in [-0.15, -0.1) is 11.3 Å². The molecule has 3 aromatic rings. The third-order valence-corrected chi connectivity index (χ3v) is 6.30. The maximum atomic E-state index is 12.7. The third kappa shape index (κ3) is 5.34. The van der Waals surface area contributed by atoms with Gasteiger partial charge in [-0.3, -0.25) is 4.79 Å². The number of nitrogens with zero attached hydrogens (tertiary/aromatic N) is 2. The summed E-state index contributed by atoms with van der Waals surface area (Å²) in [6.45, 7) is 2.56. The fourth-order valence-corrected chi connectivity index (χ4v) is 4.39. The zero-order chi connectivity index (χ0) is 19.2. The van der Waals surface area contributed by atoms with E-state index < -0.39 is 0 Å². The molecule has 6 heteroatoms. The van der Waals surface area contributed by atoms with Crippen LogP contribution in [-0.2, 0) is 12.3 Å². The first-order valence-corrected chi connectivity index (χ1v) is 10.4. The van der Waals surface area contributed by atoms with Gasteiger partial charge >= 0.3 is 0 Å². The Kier molecular flexibility index (Phi) is 6.53. The lowest BCUT2D eigenvalue weighted by Gasteiger charge is -2.17. The fourth-order valence-electron chi connectivity index (χ4n) is 2.58. The number of rotatable bonds is 7. The van der Waals surface area contributed by atoms with Gasteiger partial charge in [0.1, 0.15) is 10.1 Å². The van der Waals surface area contributed by atoms with Crippen molar-refractivity contribution in [3.05, 3.63) is 76.3 Å². The molecule has 0 unspecified atom stereocenters. The highest BCUT2D eigenvalue weighted by atomic mass is 32.2. The van der Waals surface area contributed by atoms with E-state index in [0.717, 1.165) is 27.1 Å². The molecule has 0 atom stereocenters. The molecule has 0 aliphatic rings. The summed E-state index contributed by atoms with van der Waals surface area (Å²) in [5.74, 6) is 1.68. The van der Waals surface area contributed by atoms with Gasteiger partial charge in [-0.25, -0.2) is 4.98 Å². The van der Waals surface area contributed by atoms with Gasteiger partial charge in [0.15, 0.2) is 0 Å². The van der Waals surface area contributed by atoms with Crippen LogP contribution in [0.2, 0.25) is 0 Å².